The smallest absolute Gasteiger partial charge is 0.194 e. The molecule has 0 N–H and O–H groups in total. The quantitative estimate of drug-likeness (QED) is 0.0220. The molecular formula is C64H70INO5S. The fourth-order valence-electron chi connectivity index (χ4n) is 8.20. The lowest BCUT2D eigenvalue weighted by atomic mass is 10.0. The number of thioether (sulfide) groups is 1. The predicted molar refractivity (Wildman–Crippen MR) is 305 cm³/mol. The SMILES string of the molecule is CCCCCCOc1cc(C#Cc2ccc3c(c2)C(=O)c2cc(C#Cc4cc(OCCCCCC)c(C#Cc5ccc(SCCC#N)cc5)cc4OCCCCCC)ccc2-3)c(OCCCCCC)cc1I. The van der Waals surface area contributed by atoms with Crippen LogP contribution in [0.3, 0.4) is 0 Å². The van der Waals surface area contributed by atoms with Crippen molar-refractivity contribution in [3.8, 4) is 75.7 Å². The lowest BCUT2D eigenvalue weighted by Crippen LogP contribution is -2.03. The Balaban J connectivity index is 1.26. The Hall–Kier alpha value is -5.78. The molecule has 374 valence electrons. The van der Waals surface area contributed by atoms with Crippen molar-refractivity contribution >= 4 is 40.1 Å². The molecule has 6 rings (SSSR count). The lowest BCUT2D eigenvalue weighted by Gasteiger charge is -2.14. The van der Waals surface area contributed by atoms with Crippen molar-refractivity contribution in [3.05, 3.63) is 133 Å². The summed E-state index contributed by atoms with van der Waals surface area (Å²) >= 11 is 3.99. The van der Waals surface area contributed by atoms with Crippen molar-refractivity contribution < 1.29 is 23.7 Å². The number of hydrogen-bond acceptors (Lipinski definition) is 7. The number of fused-ring (bicyclic) bond motifs is 3. The van der Waals surface area contributed by atoms with E-state index in [0.717, 1.165) is 142 Å². The molecular weight excluding hydrogens is 1020 g/mol. The second-order valence-corrected chi connectivity index (χ2v) is 20.5. The van der Waals surface area contributed by atoms with Crippen LogP contribution in [0.25, 0.3) is 11.1 Å². The number of ether oxygens (including phenoxy) is 4. The number of carbonyl (C=O) groups excluding carboxylic acids is 1. The molecule has 0 aliphatic heterocycles. The summed E-state index contributed by atoms with van der Waals surface area (Å²) in [6.45, 7) is 11.3. The first-order valence-electron chi connectivity index (χ1n) is 26.4. The molecule has 0 atom stereocenters. The van der Waals surface area contributed by atoms with Crippen LogP contribution in [-0.4, -0.2) is 38.0 Å². The monoisotopic (exact) mass is 1090 g/mol. The topological polar surface area (TPSA) is 77.8 Å². The zero-order valence-electron chi connectivity index (χ0n) is 42.9. The Bertz CT molecular complexity index is 2810. The molecule has 72 heavy (non-hydrogen) atoms. The van der Waals surface area contributed by atoms with Crippen LogP contribution < -0.4 is 18.9 Å². The van der Waals surface area contributed by atoms with E-state index in [4.69, 9.17) is 24.2 Å². The average molecular weight is 1090 g/mol. The second-order valence-electron chi connectivity index (χ2n) is 18.1. The Morgan fingerprint density at radius 2 is 0.833 bits per heavy atom. The van der Waals surface area contributed by atoms with E-state index in [9.17, 15) is 4.79 Å². The summed E-state index contributed by atoms with van der Waals surface area (Å²) in [5.41, 5.74) is 7.65. The molecule has 5 aromatic carbocycles. The number of halogens is 1. The van der Waals surface area contributed by atoms with Gasteiger partial charge in [-0.1, -0.05) is 152 Å². The maximum atomic E-state index is 14.2. The zero-order valence-corrected chi connectivity index (χ0v) is 45.9. The fraction of sp³-hybridized carbons (Fsp3) is 0.406. The molecule has 0 fully saturated rings. The van der Waals surface area contributed by atoms with Crippen molar-refractivity contribution in [2.75, 3.05) is 32.2 Å². The summed E-state index contributed by atoms with van der Waals surface area (Å²) in [7, 11) is 0. The molecule has 0 bridgehead atoms. The number of unbranched alkanes of at least 4 members (excludes halogenated alkanes) is 12. The maximum Gasteiger partial charge on any atom is 0.194 e. The molecule has 5 aromatic rings. The van der Waals surface area contributed by atoms with Crippen LogP contribution in [0.5, 0.6) is 23.0 Å². The van der Waals surface area contributed by atoms with Crippen molar-refractivity contribution in [1.29, 1.82) is 5.26 Å². The van der Waals surface area contributed by atoms with Gasteiger partial charge < -0.3 is 18.9 Å². The minimum atomic E-state index is -0.0402. The number of carbonyl (C=O) groups is 1. The third-order valence-corrected chi connectivity index (χ3v) is 14.2. The van der Waals surface area contributed by atoms with E-state index in [2.05, 4.69) is 104 Å². The highest BCUT2D eigenvalue weighted by Crippen LogP contribution is 2.38. The summed E-state index contributed by atoms with van der Waals surface area (Å²) in [6, 6.07) is 30.1. The van der Waals surface area contributed by atoms with Gasteiger partial charge in [-0.15, -0.1) is 11.8 Å². The van der Waals surface area contributed by atoms with Gasteiger partial charge in [0.15, 0.2) is 5.78 Å². The van der Waals surface area contributed by atoms with Gasteiger partial charge in [0.1, 0.15) is 23.0 Å². The van der Waals surface area contributed by atoms with Crippen molar-refractivity contribution in [1.82, 2.24) is 0 Å². The van der Waals surface area contributed by atoms with E-state index in [-0.39, 0.29) is 5.78 Å². The number of ketones is 1. The largest absolute Gasteiger partial charge is 0.492 e. The van der Waals surface area contributed by atoms with Crippen LogP contribution in [0.1, 0.15) is 186 Å². The highest BCUT2D eigenvalue weighted by atomic mass is 127. The second kappa shape index (κ2) is 31.0. The van der Waals surface area contributed by atoms with Gasteiger partial charge >= 0.3 is 0 Å². The number of nitrogens with zero attached hydrogens (tertiary/aromatic N) is 1. The van der Waals surface area contributed by atoms with Crippen LogP contribution in [0.15, 0.2) is 89.8 Å². The van der Waals surface area contributed by atoms with E-state index in [0.29, 0.717) is 61.0 Å². The molecule has 0 aromatic heterocycles. The van der Waals surface area contributed by atoms with Gasteiger partial charge in [-0.3, -0.25) is 4.79 Å². The van der Waals surface area contributed by atoms with Crippen LogP contribution in [-0.2, 0) is 0 Å². The molecule has 8 heteroatoms. The van der Waals surface area contributed by atoms with Crippen LogP contribution >= 0.6 is 34.4 Å². The molecule has 1 aliphatic carbocycles. The van der Waals surface area contributed by atoms with E-state index < -0.39 is 0 Å². The first-order chi connectivity index (χ1) is 35.3. The molecule has 0 amide bonds. The number of benzene rings is 5. The molecule has 0 saturated heterocycles. The number of rotatable bonds is 27. The fourth-order valence-corrected chi connectivity index (χ4v) is 9.55. The third-order valence-electron chi connectivity index (χ3n) is 12.3. The number of hydrogen-bond donors (Lipinski definition) is 0. The molecule has 0 unspecified atom stereocenters. The first-order valence-corrected chi connectivity index (χ1v) is 28.4. The molecule has 0 saturated carbocycles. The molecule has 1 aliphatic rings. The third kappa shape index (κ3) is 17.2. The van der Waals surface area contributed by atoms with Crippen molar-refractivity contribution in [3.63, 3.8) is 0 Å². The van der Waals surface area contributed by atoms with Crippen LogP contribution in [0, 0.1) is 50.4 Å². The predicted octanol–water partition coefficient (Wildman–Crippen LogP) is 16.5. The van der Waals surface area contributed by atoms with Gasteiger partial charge in [-0.2, -0.15) is 5.26 Å². The highest BCUT2D eigenvalue weighted by Gasteiger charge is 2.27. The minimum Gasteiger partial charge on any atom is -0.492 e. The van der Waals surface area contributed by atoms with E-state index >= 15 is 0 Å². The Labute approximate surface area is 448 Å². The Morgan fingerprint density at radius 1 is 0.444 bits per heavy atom. The zero-order chi connectivity index (χ0) is 50.8. The number of nitriles is 1. The van der Waals surface area contributed by atoms with Gasteiger partial charge in [0.25, 0.3) is 0 Å². The van der Waals surface area contributed by atoms with Crippen molar-refractivity contribution in [2.45, 2.75) is 142 Å². The summed E-state index contributed by atoms with van der Waals surface area (Å²) in [6.07, 6.45) is 18.2. The van der Waals surface area contributed by atoms with Gasteiger partial charge in [-0.25, -0.2) is 0 Å². The van der Waals surface area contributed by atoms with Gasteiger partial charge in [-0.05, 0) is 114 Å². The molecule has 0 heterocycles. The van der Waals surface area contributed by atoms with Crippen LogP contribution in [0.4, 0.5) is 0 Å². The summed E-state index contributed by atoms with van der Waals surface area (Å²) < 4.78 is 26.5. The standard InChI is InChI=1S/C64H70INO5S/c1-5-9-13-17-37-68-60-45-52(61(69-38-18-14-10-6-2)44-51(60)29-22-48-25-32-54(33-26-48)72-41-21-36-66)30-23-49-27-34-55-56-35-28-50(43-58(56)64(67)57(55)42-49)24-31-53-46-63(71-40-20-16-12-8-4)59(65)47-62(53)70-39-19-15-11-7-3/h25-28,32-35,42-47H,5-21,37-41H2,1-4H3. The minimum absolute atomic E-state index is 0.0402. The van der Waals surface area contributed by atoms with Gasteiger partial charge in [0, 0.05) is 63.1 Å². The Kier molecular flexibility index (Phi) is 23.9. The van der Waals surface area contributed by atoms with E-state index in [1.54, 1.807) is 11.8 Å². The van der Waals surface area contributed by atoms with E-state index in [1.807, 2.05) is 72.8 Å². The van der Waals surface area contributed by atoms with Gasteiger partial charge in [0.05, 0.1) is 52.8 Å². The summed E-state index contributed by atoms with van der Waals surface area (Å²) in [5, 5.41) is 8.93. The van der Waals surface area contributed by atoms with Gasteiger partial charge in [0.2, 0.25) is 0 Å². The van der Waals surface area contributed by atoms with Crippen molar-refractivity contribution in [2.24, 2.45) is 0 Å². The first kappa shape index (κ1) is 55.5. The summed E-state index contributed by atoms with van der Waals surface area (Å²) in [4.78, 5) is 15.3. The molecule has 0 radical (unpaired) electrons. The average Bonchev–Trinajstić information content (AvgIpc) is 3.67. The molecule has 0 spiro atoms. The summed E-state index contributed by atoms with van der Waals surface area (Å²) in [5.74, 6) is 23.9. The highest BCUT2D eigenvalue weighted by molar-refractivity contribution is 14.1. The van der Waals surface area contributed by atoms with Crippen LogP contribution in [0.2, 0.25) is 0 Å². The van der Waals surface area contributed by atoms with E-state index in [1.165, 1.54) is 25.7 Å². The normalized spacial score (nSPS) is 11.0. The molecule has 6 nitrogen and oxygen atoms in total. The maximum absolute atomic E-state index is 14.2. The Morgan fingerprint density at radius 3 is 1.26 bits per heavy atom. The lowest BCUT2D eigenvalue weighted by molar-refractivity contribution is 0.104.